The van der Waals surface area contributed by atoms with Gasteiger partial charge in [-0.2, -0.15) is 13.2 Å². The van der Waals surface area contributed by atoms with Crippen molar-refractivity contribution in [3.8, 4) is 0 Å². The topological polar surface area (TPSA) is 58.1 Å². The van der Waals surface area contributed by atoms with E-state index in [1.807, 2.05) is 0 Å². The minimum atomic E-state index is -4.54. The fourth-order valence-corrected chi connectivity index (χ4v) is 1.66. The normalized spacial score (nSPS) is 11.1. The van der Waals surface area contributed by atoms with Gasteiger partial charge >= 0.3 is 6.18 Å². The molecule has 2 rings (SSSR count). The van der Waals surface area contributed by atoms with Gasteiger partial charge in [0.05, 0.1) is 11.1 Å². The van der Waals surface area contributed by atoms with Crippen molar-refractivity contribution in [2.45, 2.75) is 6.18 Å². The number of hydrogen-bond donors (Lipinski definition) is 1. The number of rotatable bonds is 3. The van der Waals surface area contributed by atoms with Crippen LogP contribution in [-0.4, -0.2) is 30.0 Å². The summed E-state index contributed by atoms with van der Waals surface area (Å²) in [5.74, 6) is -0.0607. The molecule has 0 unspecified atom stereocenters. The highest BCUT2D eigenvalue weighted by molar-refractivity contribution is 6.04. The first-order chi connectivity index (χ1) is 10.3. The lowest BCUT2D eigenvalue weighted by molar-refractivity contribution is -0.137. The predicted molar refractivity (Wildman–Crippen MR) is 75.8 cm³/mol. The van der Waals surface area contributed by atoms with Crippen LogP contribution in [-0.2, 0) is 6.18 Å². The van der Waals surface area contributed by atoms with Gasteiger partial charge < -0.3 is 10.2 Å². The Balaban J connectivity index is 2.21. The van der Waals surface area contributed by atoms with E-state index in [1.165, 1.54) is 6.20 Å². The number of halogens is 3. The molecule has 0 saturated carbocycles. The average molecular weight is 310 g/mol. The van der Waals surface area contributed by atoms with E-state index in [0.717, 1.165) is 12.3 Å². The van der Waals surface area contributed by atoms with Gasteiger partial charge in [-0.05, 0) is 12.1 Å². The predicted octanol–water partition coefficient (Wildman–Crippen LogP) is 2.81. The van der Waals surface area contributed by atoms with Crippen molar-refractivity contribution in [2.75, 3.05) is 24.3 Å². The van der Waals surface area contributed by atoms with Gasteiger partial charge in [0.2, 0.25) is 0 Å². The van der Waals surface area contributed by atoms with Crippen LogP contribution >= 0.6 is 0 Å². The highest BCUT2D eigenvalue weighted by Crippen LogP contribution is 2.29. The summed E-state index contributed by atoms with van der Waals surface area (Å²) in [4.78, 5) is 21.3. The summed E-state index contributed by atoms with van der Waals surface area (Å²) in [7, 11) is 3.56. The third kappa shape index (κ3) is 3.72. The minimum Gasteiger partial charge on any atom is -0.363 e. The first-order valence-electron chi connectivity index (χ1n) is 6.24. The summed E-state index contributed by atoms with van der Waals surface area (Å²) in [5.41, 5.74) is -0.706. The van der Waals surface area contributed by atoms with E-state index in [1.54, 1.807) is 31.1 Å². The van der Waals surface area contributed by atoms with Gasteiger partial charge in [0, 0.05) is 44.4 Å². The molecule has 2 aromatic rings. The summed E-state index contributed by atoms with van der Waals surface area (Å²) >= 11 is 0. The molecule has 0 aliphatic heterocycles. The zero-order valence-electron chi connectivity index (χ0n) is 11.8. The number of carbonyl (C=O) groups excluding carboxylic acids is 1. The van der Waals surface area contributed by atoms with Crippen molar-refractivity contribution in [1.82, 2.24) is 9.97 Å². The lowest BCUT2D eigenvalue weighted by atomic mass is 10.2. The van der Waals surface area contributed by atoms with Gasteiger partial charge in [0.1, 0.15) is 5.82 Å². The lowest BCUT2D eigenvalue weighted by Crippen LogP contribution is -2.16. The van der Waals surface area contributed by atoms with Crippen LogP contribution in [0.2, 0.25) is 0 Å². The molecule has 5 nitrogen and oxygen atoms in total. The highest BCUT2D eigenvalue weighted by atomic mass is 19.4. The largest absolute Gasteiger partial charge is 0.417 e. The quantitative estimate of drug-likeness (QED) is 0.947. The van der Waals surface area contributed by atoms with E-state index in [9.17, 15) is 18.0 Å². The number of alkyl halides is 3. The maximum Gasteiger partial charge on any atom is 0.417 e. The van der Waals surface area contributed by atoms with Crippen molar-refractivity contribution < 1.29 is 18.0 Å². The SMILES string of the molecule is CN(C)c1cc(NC(=O)c2cncc(C(F)(F)F)c2)ccn1. The molecule has 22 heavy (non-hydrogen) atoms. The van der Waals surface area contributed by atoms with Crippen LogP contribution in [0, 0.1) is 0 Å². The van der Waals surface area contributed by atoms with Crippen molar-refractivity contribution in [3.63, 3.8) is 0 Å². The molecule has 0 atom stereocenters. The fraction of sp³-hybridized carbons (Fsp3) is 0.214. The maximum atomic E-state index is 12.6. The maximum absolute atomic E-state index is 12.6. The van der Waals surface area contributed by atoms with E-state index in [0.29, 0.717) is 17.7 Å². The molecule has 0 aliphatic carbocycles. The molecule has 0 spiro atoms. The number of pyridine rings is 2. The van der Waals surface area contributed by atoms with Crippen LogP contribution in [0.3, 0.4) is 0 Å². The number of carbonyl (C=O) groups is 1. The minimum absolute atomic E-state index is 0.168. The van der Waals surface area contributed by atoms with Crippen LogP contribution < -0.4 is 10.2 Å². The second kappa shape index (κ2) is 6.00. The Hall–Kier alpha value is -2.64. The summed E-state index contributed by atoms with van der Waals surface area (Å²) < 4.78 is 37.8. The third-order valence-corrected chi connectivity index (χ3v) is 2.79. The first kappa shape index (κ1) is 15.7. The van der Waals surface area contributed by atoms with Crippen LogP contribution in [0.15, 0.2) is 36.8 Å². The number of anilines is 2. The van der Waals surface area contributed by atoms with Crippen molar-refractivity contribution in [1.29, 1.82) is 0 Å². The molecule has 2 aromatic heterocycles. The van der Waals surface area contributed by atoms with Crippen LogP contribution in [0.4, 0.5) is 24.7 Å². The zero-order valence-corrected chi connectivity index (χ0v) is 11.8. The van der Waals surface area contributed by atoms with E-state index < -0.39 is 17.6 Å². The standard InChI is InChI=1S/C14H13F3N4O/c1-21(2)12-6-11(3-4-19-12)20-13(22)9-5-10(8-18-7-9)14(15,16)17/h3-8H,1-2H3,(H,19,20,22). The summed E-state index contributed by atoms with van der Waals surface area (Å²) in [6, 6.07) is 3.92. The van der Waals surface area contributed by atoms with Crippen LogP contribution in [0.1, 0.15) is 15.9 Å². The fourth-order valence-electron chi connectivity index (χ4n) is 1.66. The molecule has 0 radical (unpaired) electrons. The first-order valence-corrected chi connectivity index (χ1v) is 6.24. The van der Waals surface area contributed by atoms with Crippen LogP contribution in [0.25, 0.3) is 0 Å². The molecule has 8 heteroatoms. The molecule has 116 valence electrons. The number of nitrogens with one attached hydrogen (secondary N) is 1. The Morgan fingerprint density at radius 3 is 2.59 bits per heavy atom. The monoisotopic (exact) mass is 310 g/mol. The lowest BCUT2D eigenvalue weighted by Gasteiger charge is -2.13. The highest BCUT2D eigenvalue weighted by Gasteiger charge is 2.31. The molecule has 0 aliphatic rings. The molecule has 0 saturated heterocycles. The van der Waals surface area contributed by atoms with Crippen LogP contribution in [0.5, 0.6) is 0 Å². The Morgan fingerprint density at radius 2 is 1.95 bits per heavy atom. The molecule has 1 N–H and O–H groups in total. The smallest absolute Gasteiger partial charge is 0.363 e. The van der Waals surface area contributed by atoms with Gasteiger partial charge in [-0.3, -0.25) is 9.78 Å². The molecular weight excluding hydrogens is 297 g/mol. The molecule has 1 amide bonds. The van der Waals surface area contributed by atoms with Crippen molar-refractivity contribution in [2.24, 2.45) is 0 Å². The number of hydrogen-bond acceptors (Lipinski definition) is 4. The van der Waals surface area contributed by atoms with Gasteiger partial charge in [-0.15, -0.1) is 0 Å². The molecular formula is C14H13F3N4O. The second-order valence-corrected chi connectivity index (χ2v) is 4.71. The van der Waals surface area contributed by atoms with E-state index in [-0.39, 0.29) is 5.56 Å². The summed E-state index contributed by atoms with van der Waals surface area (Å²) in [6.07, 6.45) is -1.29. The van der Waals surface area contributed by atoms with Crippen molar-refractivity contribution in [3.05, 3.63) is 47.9 Å². The molecule has 0 aromatic carbocycles. The molecule has 0 fully saturated rings. The second-order valence-electron chi connectivity index (χ2n) is 4.71. The number of amides is 1. The van der Waals surface area contributed by atoms with Gasteiger partial charge in [-0.25, -0.2) is 4.98 Å². The number of aromatic nitrogens is 2. The zero-order chi connectivity index (χ0) is 16.3. The van der Waals surface area contributed by atoms with E-state index in [4.69, 9.17) is 0 Å². The van der Waals surface area contributed by atoms with Gasteiger partial charge in [0.25, 0.3) is 5.91 Å². The summed E-state index contributed by atoms with van der Waals surface area (Å²) in [6.45, 7) is 0. The Morgan fingerprint density at radius 1 is 1.23 bits per heavy atom. The summed E-state index contributed by atoms with van der Waals surface area (Å²) in [5, 5.41) is 2.52. The Labute approximate surface area is 124 Å². The number of nitrogens with zero attached hydrogens (tertiary/aromatic N) is 3. The van der Waals surface area contributed by atoms with E-state index in [2.05, 4.69) is 15.3 Å². The Bertz CT molecular complexity index is 686. The molecule has 2 heterocycles. The van der Waals surface area contributed by atoms with Gasteiger partial charge in [-0.1, -0.05) is 0 Å². The van der Waals surface area contributed by atoms with Gasteiger partial charge in [0.15, 0.2) is 0 Å². The third-order valence-electron chi connectivity index (χ3n) is 2.79. The molecule has 0 bridgehead atoms. The van der Waals surface area contributed by atoms with Crippen molar-refractivity contribution >= 4 is 17.4 Å². The van der Waals surface area contributed by atoms with E-state index >= 15 is 0 Å². The average Bonchev–Trinajstić information content (AvgIpc) is 2.46. The Kier molecular flexibility index (Phi) is 4.30.